The SMILES string of the molecule is Cc1[nH]c2ccccc2c1Cc1nn2c(C3CCCO3)nnc2s1. The van der Waals surface area contributed by atoms with Crippen LogP contribution in [0.4, 0.5) is 0 Å². The molecule has 4 aromatic rings. The van der Waals surface area contributed by atoms with Gasteiger partial charge in [-0.3, -0.25) is 0 Å². The van der Waals surface area contributed by atoms with Crippen molar-refractivity contribution in [1.82, 2.24) is 24.8 Å². The molecule has 5 rings (SSSR count). The van der Waals surface area contributed by atoms with E-state index in [0.717, 1.165) is 41.7 Å². The number of hydrogen-bond acceptors (Lipinski definition) is 5. The Morgan fingerprint density at radius 2 is 2.25 bits per heavy atom. The number of benzene rings is 1. The van der Waals surface area contributed by atoms with Crippen molar-refractivity contribution in [3.05, 3.63) is 46.4 Å². The lowest BCUT2D eigenvalue weighted by Crippen LogP contribution is -2.04. The quantitative estimate of drug-likeness (QED) is 0.621. The number of H-pyrrole nitrogens is 1. The second kappa shape index (κ2) is 5.39. The van der Waals surface area contributed by atoms with Crippen molar-refractivity contribution in [1.29, 1.82) is 0 Å². The van der Waals surface area contributed by atoms with Gasteiger partial charge in [0.05, 0.1) is 0 Å². The predicted molar refractivity (Wildman–Crippen MR) is 92.4 cm³/mol. The lowest BCUT2D eigenvalue weighted by atomic mass is 10.1. The highest BCUT2D eigenvalue weighted by atomic mass is 32.1. The van der Waals surface area contributed by atoms with E-state index in [1.165, 1.54) is 22.2 Å². The highest BCUT2D eigenvalue weighted by molar-refractivity contribution is 7.16. The molecule has 1 aliphatic rings. The number of ether oxygens (including phenoxy) is 1. The van der Waals surface area contributed by atoms with Crippen LogP contribution in [-0.4, -0.2) is 31.4 Å². The molecule has 1 aromatic carbocycles. The van der Waals surface area contributed by atoms with Crippen LogP contribution in [0, 0.1) is 6.92 Å². The summed E-state index contributed by atoms with van der Waals surface area (Å²) in [6.45, 7) is 2.92. The number of para-hydroxylation sites is 1. The number of fused-ring (bicyclic) bond motifs is 2. The monoisotopic (exact) mass is 339 g/mol. The molecular weight excluding hydrogens is 322 g/mol. The molecule has 24 heavy (non-hydrogen) atoms. The van der Waals surface area contributed by atoms with Crippen molar-refractivity contribution < 1.29 is 4.74 Å². The Bertz CT molecular complexity index is 1020. The molecule has 1 N–H and O–H groups in total. The van der Waals surface area contributed by atoms with Gasteiger partial charge in [-0.25, -0.2) is 0 Å². The number of nitrogens with zero attached hydrogens (tertiary/aromatic N) is 4. The Labute approximate surface area is 142 Å². The first-order valence-electron chi connectivity index (χ1n) is 8.18. The fraction of sp³-hybridized carbons (Fsp3) is 0.353. The Morgan fingerprint density at radius 1 is 1.33 bits per heavy atom. The molecular formula is C17H17N5OS. The van der Waals surface area contributed by atoms with E-state index in [2.05, 4.69) is 46.4 Å². The van der Waals surface area contributed by atoms with Crippen molar-refractivity contribution >= 4 is 27.2 Å². The highest BCUT2D eigenvalue weighted by Crippen LogP contribution is 2.30. The average Bonchev–Trinajstić information content (AvgIpc) is 3.32. The summed E-state index contributed by atoms with van der Waals surface area (Å²) in [6, 6.07) is 8.40. The van der Waals surface area contributed by atoms with Crippen LogP contribution in [0.15, 0.2) is 24.3 Å². The highest BCUT2D eigenvalue weighted by Gasteiger charge is 2.25. The van der Waals surface area contributed by atoms with Crippen molar-refractivity contribution in [3.8, 4) is 0 Å². The molecule has 0 bridgehead atoms. The van der Waals surface area contributed by atoms with E-state index in [9.17, 15) is 0 Å². The van der Waals surface area contributed by atoms with Crippen LogP contribution in [0.3, 0.4) is 0 Å². The van der Waals surface area contributed by atoms with Crippen molar-refractivity contribution in [2.75, 3.05) is 6.61 Å². The number of hydrogen-bond donors (Lipinski definition) is 1. The van der Waals surface area contributed by atoms with Crippen LogP contribution >= 0.6 is 11.3 Å². The summed E-state index contributed by atoms with van der Waals surface area (Å²) in [5.74, 6) is 0.834. The third-order valence-corrected chi connectivity index (χ3v) is 5.53. The minimum atomic E-state index is 0.0322. The van der Waals surface area contributed by atoms with E-state index in [1.54, 1.807) is 11.3 Å². The zero-order chi connectivity index (χ0) is 16.1. The molecule has 122 valence electrons. The number of aryl methyl sites for hydroxylation is 1. The lowest BCUT2D eigenvalue weighted by Gasteiger charge is -2.04. The molecule has 0 radical (unpaired) electrons. The van der Waals surface area contributed by atoms with E-state index < -0.39 is 0 Å². The Kier molecular flexibility index (Phi) is 3.17. The van der Waals surface area contributed by atoms with Gasteiger partial charge in [0.2, 0.25) is 4.96 Å². The molecule has 1 atom stereocenters. The van der Waals surface area contributed by atoms with E-state index >= 15 is 0 Å². The largest absolute Gasteiger partial charge is 0.370 e. The van der Waals surface area contributed by atoms with E-state index in [0.29, 0.717) is 0 Å². The summed E-state index contributed by atoms with van der Waals surface area (Å²) in [7, 11) is 0. The maximum absolute atomic E-state index is 5.73. The first kappa shape index (κ1) is 14.1. The molecule has 1 aliphatic heterocycles. The fourth-order valence-electron chi connectivity index (χ4n) is 3.44. The van der Waals surface area contributed by atoms with Gasteiger partial charge in [-0.05, 0) is 31.4 Å². The summed E-state index contributed by atoms with van der Waals surface area (Å²) < 4.78 is 7.59. The van der Waals surface area contributed by atoms with Gasteiger partial charge in [0.1, 0.15) is 11.1 Å². The fourth-order valence-corrected chi connectivity index (χ4v) is 4.29. The van der Waals surface area contributed by atoms with Crippen LogP contribution in [0.5, 0.6) is 0 Å². The van der Waals surface area contributed by atoms with Gasteiger partial charge in [0.25, 0.3) is 0 Å². The topological polar surface area (TPSA) is 68.1 Å². The van der Waals surface area contributed by atoms with Crippen molar-refractivity contribution in [2.24, 2.45) is 0 Å². The summed E-state index contributed by atoms with van der Waals surface area (Å²) in [4.78, 5) is 4.29. The zero-order valence-corrected chi connectivity index (χ0v) is 14.1. The van der Waals surface area contributed by atoms with Gasteiger partial charge < -0.3 is 9.72 Å². The van der Waals surface area contributed by atoms with Gasteiger partial charge in [0, 0.05) is 29.6 Å². The number of nitrogens with one attached hydrogen (secondary N) is 1. The lowest BCUT2D eigenvalue weighted by molar-refractivity contribution is 0.103. The van der Waals surface area contributed by atoms with Crippen LogP contribution in [-0.2, 0) is 11.2 Å². The summed E-state index contributed by atoms with van der Waals surface area (Å²) >= 11 is 1.60. The van der Waals surface area contributed by atoms with Gasteiger partial charge in [-0.1, -0.05) is 29.5 Å². The standard InChI is InChI=1S/C17H17N5OS/c1-10-12(11-5-2-3-6-13(11)18-10)9-15-21-22-16(14-7-4-8-23-14)19-20-17(22)24-15/h2-3,5-6,14,18H,4,7-9H2,1H3. The molecule has 1 unspecified atom stereocenters. The van der Waals surface area contributed by atoms with Gasteiger partial charge in [-0.15, -0.1) is 10.2 Å². The predicted octanol–water partition coefficient (Wildman–Crippen LogP) is 3.42. The number of aromatic nitrogens is 5. The van der Waals surface area contributed by atoms with E-state index in [1.807, 2.05) is 4.52 Å². The first-order valence-corrected chi connectivity index (χ1v) is 9.00. The van der Waals surface area contributed by atoms with Crippen molar-refractivity contribution in [2.45, 2.75) is 32.3 Å². The Hall–Kier alpha value is -2.25. The molecule has 3 aromatic heterocycles. The third kappa shape index (κ3) is 2.16. The summed E-state index contributed by atoms with van der Waals surface area (Å²) in [5, 5.41) is 15.6. The van der Waals surface area contributed by atoms with Gasteiger partial charge in [-0.2, -0.15) is 9.61 Å². The molecule has 0 spiro atoms. The third-order valence-electron chi connectivity index (χ3n) is 4.63. The van der Waals surface area contributed by atoms with Crippen LogP contribution in [0.2, 0.25) is 0 Å². The molecule has 0 amide bonds. The summed E-state index contributed by atoms with van der Waals surface area (Å²) in [5.41, 5.74) is 3.67. The molecule has 1 fully saturated rings. The normalized spacial score (nSPS) is 18.1. The number of rotatable bonds is 3. The molecule has 0 saturated carbocycles. The average molecular weight is 339 g/mol. The van der Waals surface area contributed by atoms with Crippen LogP contribution in [0.25, 0.3) is 15.9 Å². The summed E-state index contributed by atoms with van der Waals surface area (Å²) in [6.07, 6.45) is 2.90. The second-order valence-electron chi connectivity index (χ2n) is 6.20. The van der Waals surface area contributed by atoms with Crippen LogP contribution in [0.1, 0.15) is 41.0 Å². The van der Waals surface area contributed by atoms with E-state index in [4.69, 9.17) is 9.84 Å². The number of aromatic amines is 1. The molecule has 7 heteroatoms. The zero-order valence-electron chi connectivity index (χ0n) is 13.3. The first-order chi connectivity index (χ1) is 11.8. The maximum atomic E-state index is 5.73. The van der Waals surface area contributed by atoms with Gasteiger partial charge in [0.15, 0.2) is 5.82 Å². The minimum Gasteiger partial charge on any atom is -0.370 e. The second-order valence-corrected chi connectivity index (χ2v) is 7.24. The maximum Gasteiger partial charge on any atom is 0.234 e. The minimum absolute atomic E-state index is 0.0322. The van der Waals surface area contributed by atoms with E-state index in [-0.39, 0.29) is 6.10 Å². The smallest absolute Gasteiger partial charge is 0.234 e. The molecule has 0 aliphatic carbocycles. The van der Waals surface area contributed by atoms with Gasteiger partial charge >= 0.3 is 0 Å². The molecule has 6 nitrogen and oxygen atoms in total. The van der Waals surface area contributed by atoms with Crippen LogP contribution < -0.4 is 0 Å². The van der Waals surface area contributed by atoms with Crippen molar-refractivity contribution in [3.63, 3.8) is 0 Å². The Balaban J connectivity index is 1.53. The molecule has 1 saturated heterocycles. The molecule has 4 heterocycles. The Morgan fingerprint density at radius 3 is 3.12 bits per heavy atom.